The lowest BCUT2D eigenvalue weighted by molar-refractivity contribution is -0.113. The Morgan fingerprint density at radius 1 is 1.27 bits per heavy atom. The summed E-state index contributed by atoms with van der Waals surface area (Å²) in [5.41, 5.74) is 2.53. The van der Waals surface area contributed by atoms with Gasteiger partial charge in [-0.05, 0) is 52.0 Å². The van der Waals surface area contributed by atoms with Gasteiger partial charge >= 0.3 is 0 Å². The van der Waals surface area contributed by atoms with Crippen LogP contribution in [0.2, 0.25) is 0 Å². The van der Waals surface area contributed by atoms with Crippen molar-refractivity contribution in [2.45, 2.75) is 50.3 Å². The van der Waals surface area contributed by atoms with Crippen LogP contribution in [-0.2, 0) is 26.1 Å². The Labute approximate surface area is 183 Å². The minimum Gasteiger partial charge on any atom is -0.383 e. The van der Waals surface area contributed by atoms with Crippen LogP contribution in [-0.4, -0.2) is 60.7 Å². The predicted octanol–water partition coefficient (Wildman–Crippen LogP) is 2.91. The molecule has 10 heteroatoms. The molecule has 1 N–H and O–H groups in total. The topological polar surface area (TPSA) is 93.5 Å². The number of hydrogen-bond donors (Lipinski definition) is 1. The maximum absolute atomic E-state index is 12.5. The summed E-state index contributed by atoms with van der Waals surface area (Å²) in [6, 6.07) is 6.05. The van der Waals surface area contributed by atoms with Gasteiger partial charge < -0.3 is 14.6 Å². The number of aromatic nitrogens is 2. The van der Waals surface area contributed by atoms with Gasteiger partial charge in [0, 0.05) is 38.1 Å². The van der Waals surface area contributed by atoms with Crippen molar-refractivity contribution in [3.8, 4) is 0 Å². The number of nitrogens with one attached hydrogen (secondary N) is 1. The summed E-state index contributed by atoms with van der Waals surface area (Å²) in [4.78, 5) is 17.1. The number of sulfonamides is 1. The normalized spacial score (nSPS) is 12.0. The molecule has 30 heavy (non-hydrogen) atoms. The number of imidazole rings is 1. The molecule has 0 spiro atoms. The second-order valence-electron chi connectivity index (χ2n) is 7.19. The van der Waals surface area contributed by atoms with Crippen molar-refractivity contribution >= 4 is 33.4 Å². The van der Waals surface area contributed by atoms with Crippen molar-refractivity contribution in [2.24, 2.45) is 0 Å². The summed E-state index contributed by atoms with van der Waals surface area (Å²) < 4.78 is 33.5. The first-order valence-electron chi connectivity index (χ1n) is 9.61. The Morgan fingerprint density at radius 3 is 2.47 bits per heavy atom. The van der Waals surface area contributed by atoms with Crippen molar-refractivity contribution in [3.05, 3.63) is 35.7 Å². The maximum Gasteiger partial charge on any atom is 0.243 e. The van der Waals surface area contributed by atoms with Gasteiger partial charge in [-0.15, -0.1) is 0 Å². The number of aryl methyl sites for hydroxylation is 1. The predicted molar refractivity (Wildman–Crippen MR) is 119 cm³/mol. The number of thioether (sulfide) groups is 1. The van der Waals surface area contributed by atoms with Crippen LogP contribution in [0.15, 0.2) is 34.3 Å². The van der Waals surface area contributed by atoms with Crippen molar-refractivity contribution in [1.82, 2.24) is 13.9 Å². The highest BCUT2D eigenvalue weighted by Gasteiger charge is 2.23. The van der Waals surface area contributed by atoms with Crippen molar-refractivity contribution in [3.63, 3.8) is 0 Å². The van der Waals surface area contributed by atoms with Gasteiger partial charge in [-0.2, -0.15) is 4.31 Å². The van der Waals surface area contributed by atoms with E-state index in [2.05, 4.69) is 10.3 Å². The van der Waals surface area contributed by atoms with Gasteiger partial charge in [0.05, 0.1) is 22.9 Å². The fourth-order valence-corrected chi connectivity index (χ4v) is 4.95. The average Bonchev–Trinajstić information content (AvgIpc) is 2.97. The van der Waals surface area contributed by atoms with Crippen LogP contribution in [0.4, 0.5) is 5.69 Å². The van der Waals surface area contributed by atoms with Gasteiger partial charge in [0.1, 0.15) is 0 Å². The fourth-order valence-electron chi connectivity index (χ4n) is 2.66. The van der Waals surface area contributed by atoms with Crippen LogP contribution in [0.3, 0.4) is 0 Å². The first kappa shape index (κ1) is 24.4. The highest BCUT2D eigenvalue weighted by Crippen LogP contribution is 2.22. The number of carbonyl (C=O) groups excluding carboxylic acids is 1. The molecule has 1 heterocycles. The zero-order valence-electron chi connectivity index (χ0n) is 18.3. The molecular formula is C20H30N4O4S2. The summed E-state index contributed by atoms with van der Waals surface area (Å²) in [5.74, 6) is 0.00504. The quantitative estimate of drug-likeness (QED) is 0.555. The Kier molecular flexibility index (Phi) is 8.48. The number of carbonyl (C=O) groups is 1. The van der Waals surface area contributed by atoms with E-state index in [-0.39, 0.29) is 22.6 Å². The second kappa shape index (κ2) is 10.4. The molecule has 0 atom stereocenters. The van der Waals surface area contributed by atoms with Crippen LogP contribution >= 0.6 is 11.8 Å². The molecule has 0 aliphatic carbocycles. The molecule has 1 aromatic heterocycles. The van der Waals surface area contributed by atoms with Crippen LogP contribution in [0.25, 0.3) is 0 Å². The number of hydrogen-bond acceptors (Lipinski definition) is 6. The highest BCUT2D eigenvalue weighted by molar-refractivity contribution is 7.99. The lowest BCUT2D eigenvalue weighted by Crippen LogP contribution is -2.33. The summed E-state index contributed by atoms with van der Waals surface area (Å²) >= 11 is 1.36. The number of methoxy groups -OCH3 is 1. The molecule has 1 aromatic carbocycles. The molecule has 166 valence electrons. The molecule has 8 nitrogen and oxygen atoms in total. The molecule has 0 fully saturated rings. The molecule has 0 aliphatic rings. The van der Waals surface area contributed by atoms with Crippen LogP contribution < -0.4 is 5.32 Å². The lowest BCUT2D eigenvalue weighted by Gasteiger charge is -2.21. The molecule has 0 unspecified atom stereocenters. The molecule has 0 aliphatic heterocycles. The Morgan fingerprint density at radius 2 is 1.90 bits per heavy atom. The van der Waals surface area contributed by atoms with E-state index in [1.165, 1.54) is 28.2 Å². The minimum atomic E-state index is -3.55. The van der Waals surface area contributed by atoms with E-state index in [4.69, 9.17) is 4.74 Å². The van der Waals surface area contributed by atoms with Crippen LogP contribution in [0.5, 0.6) is 0 Å². The first-order valence-corrected chi connectivity index (χ1v) is 12.0. The summed E-state index contributed by atoms with van der Waals surface area (Å²) in [5, 5.41) is 3.57. The van der Waals surface area contributed by atoms with Crippen molar-refractivity contribution < 1.29 is 17.9 Å². The summed E-state index contributed by atoms with van der Waals surface area (Å²) in [6.45, 7) is 8.80. The van der Waals surface area contributed by atoms with E-state index < -0.39 is 10.0 Å². The highest BCUT2D eigenvalue weighted by atomic mass is 32.2. The smallest absolute Gasteiger partial charge is 0.243 e. The Balaban J connectivity index is 2.00. The van der Waals surface area contributed by atoms with Gasteiger partial charge in [0.25, 0.3) is 0 Å². The average molecular weight is 455 g/mol. The van der Waals surface area contributed by atoms with E-state index in [0.717, 1.165) is 16.5 Å². The SMILES string of the molecule is COCCn1c(SCC(=O)Nc2ccc(S(=O)(=O)N(C)C(C)C)cc2)nc(C)c1C. The number of ether oxygens (including phenoxy) is 1. The minimum absolute atomic E-state index is 0.143. The van der Waals surface area contributed by atoms with Gasteiger partial charge in [0.2, 0.25) is 15.9 Å². The molecule has 0 radical (unpaired) electrons. The van der Waals surface area contributed by atoms with E-state index in [9.17, 15) is 13.2 Å². The van der Waals surface area contributed by atoms with E-state index in [0.29, 0.717) is 18.8 Å². The molecule has 0 saturated carbocycles. The third kappa shape index (κ3) is 5.84. The van der Waals surface area contributed by atoms with Gasteiger partial charge in [0.15, 0.2) is 5.16 Å². The summed E-state index contributed by atoms with van der Waals surface area (Å²) in [7, 11) is -0.351. The zero-order chi connectivity index (χ0) is 22.5. The summed E-state index contributed by atoms with van der Waals surface area (Å²) in [6.07, 6.45) is 0. The van der Waals surface area contributed by atoms with Gasteiger partial charge in [-0.3, -0.25) is 4.79 Å². The zero-order valence-corrected chi connectivity index (χ0v) is 19.9. The van der Waals surface area contributed by atoms with Gasteiger partial charge in [-0.1, -0.05) is 11.8 Å². The number of anilines is 1. The molecule has 0 bridgehead atoms. The van der Waals surface area contributed by atoms with E-state index in [1.54, 1.807) is 26.3 Å². The van der Waals surface area contributed by atoms with E-state index >= 15 is 0 Å². The lowest BCUT2D eigenvalue weighted by atomic mass is 10.3. The standard InChI is InChI=1S/C20H30N4O4S2/c1-14(2)23(5)30(26,27)18-9-7-17(8-10-18)22-19(25)13-29-20-21-15(3)16(4)24(20)11-12-28-6/h7-10,14H,11-13H2,1-6H3,(H,22,25). The van der Waals surface area contributed by atoms with E-state index in [1.807, 2.05) is 32.3 Å². The maximum atomic E-state index is 12.5. The monoisotopic (exact) mass is 454 g/mol. The molecule has 0 saturated heterocycles. The van der Waals surface area contributed by atoms with Crippen LogP contribution in [0.1, 0.15) is 25.2 Å². The number of rotatable bonds is 10. The second-order valence-corrected chi connectivity index (χ2v) is 10.1. The van der Waals surface area contributed by atoms with Gasteiger partial charge in [-0.25, -0.2) is 13.4 Å². The molecule has 2 rings (SSSR count). The largest absolute Gasteiger partial charge is 0.383 e. The third-order valence-corrected chi connectivity index (χ3v) is 7.84. The number of benzene rings is 1. The molecule has 1 amide bonds. The Bertz CT molecular complexity index is 969. The molecule has 2 aromatic rings. The number of amides is 1. The van der Waals surface area contributed by atoms with Crippen molar-refractivity contribution in [2.75, 3.05) is 31.8 Å². The third-order valence-electron chi connectivity index (χ3n) is 4.82. The molecular weight excluding hydrogens is 424 g/mol. The fraction of sp³-hybridized carbons (Fsp3) is 0.500. The number of nitrogens with zero attached hydrogens (tertiary/aromatic N) is 3. The Hall–Kier alpha value is -1.88. The van der Waals surface area contributed by atoms with Crippen molar-refractivity contribution in [1.29, 1.82) is 0 Å². The van der Waals surface area contributed by atoms with Crippen LogP contribution in [0, 0.1) is 13.8 Å². The first-order chi connectivity index (χ1) is 14.1.